The van der Waals surface area contributed by atoms with Gasteiger partial charge in [-0.2, -0.15) is 0 Å². The van der Waals surface area contributed by atoms with Crippen LogP contribution in [0.25, 0.3) is 0 Å². The summed E-state index contributed by atoms with van der Waals surface area (Å²) >= 11 is 0. The van der Waals surface area contributed by atoms with Crippen LogP contribution in [0.3, 0.4) is 0 Å². The van der Waals surface area contributed by atoms with Gasteiger partial charge in [-0.25, -0.2) is 4.98 Å². The number of halogens is 1. The quantitative estimate of drug-likeness (QED) is 0.171. The number of carbonyl (C=O) groups is 3. The lowest BCUT2D eigenvalue weighted by molar-refractivity contribution is -0.137. The summed E-state index contributed by atoms with van der Waals surface area (Å²) in [5.41, 5.74) is 3.04. The number of amidine groups is 1. The number of Topliss-reactive ketones (excluding diaryl/α,β-unsaturated/α-hetero) is 1. The zero-order chi connectivity index (χ0) is 31.9. The molecule has 12 heteroatoms. The van der Waals surface area contributed by atoms with Crippen molar-refractivity contribution in [1.29, 1.82) is 5.41 Å². The molecule has 1 aromatic carbocycles. The van der Waals surface area contributed by atoms with Crippen LogP contribution in [0.4, 0.5) is 5.69 Å². The van der Waals surface area contributed by atoms with Crippen molar-refractivity contribution in [1.82, 2.24) is 15.2 Å². The van der Waals surface area contributed by atoms with E-state index in [2.05, 4.69) is 42.9 Å². The van der Waals surface area contributed by atoms with Gasteiger partial charge in [0.05, 0.1) is 25.4 Å². The number of ether oxygens (including phenoxy) is 2. The average molecular weight is 677 g/mol. The largest absolute Gasteiger partial charge is 0.491 e. The van der Waals surface area contributed by atoms with Crippen molar-refractivity contribution in [3.63, 3.8) is 0 Å². The third kappa shape index (κ3) is 8.71. The van der Waals surface area contributed by atoms with E-state index in [-0.39, 0.29) is 52.7 Å². The molecule has 0 saturated carbocycles. The van der Waals surface area contributed by atoms with Crippen LogP contribution >= 0.6 is 17.0 Å². The van der Waals surface area contributed by atoms with E-state index in [0.29, 0.717) is 55.4 Å². The number of unbranched alkanes of at least 4 members (excludes halogenated alkanes) is 1. The van der Waals surface area contributed by atoms with Crippen LogP contribution in [0.15, 0.2) is 18.2 Å². The van der Waals surface area contributed by atoms with E-state index in [1.165, 1.54) is 7.05 Å². The number of rotatable bonds is 15. The molecule has 2 aromatic rings. The van der Waals surface area contributed by atoms with Crippen molar-refractivity contribution >= 4 is 46.2 Å². The summed E-state index contributed by atoms with van der Waals surface area (Å²) < 4.78 is 11.9. The number of aliphatic carboxylic acids is 1. The molecule has 0 radical (unpaired) electrons. The molecule has 1 aliphatic rings. The highest BCUT2D eigenvalue weighted by atomic mass is 79.9. The lowest BCUT2D eigenvalue weighted by Crippen LogP contribution is -2.31. The van der Waals surface area contributed by atoms with E-state index in [0.717, 1.165) is 29.8 Å². The van der Waals surface area contributed by atoms with Crippen molar-refractivity contribution in [2.75, 3.05) is 45.3 Å². The molecule has 1 aromatic heterocycles. The minimum atomic E-state index is -0.826. The number of anilines is 1. The summed E-state index contributed by atoms with van der Waals surface area (Å²) in [5, 5.41) is 20.3. The number of carbonyl (C=O) groups excluding carboxylic acids is 2. The number of fused-ring (bicyclic) bond motifs is 1. The second kappa shape index (κ2) is 15.9. The van der Waals surface area contributed by atoms with Gasteiger partial charge in [0.15, 0.2) is 17.2 Å². The standard InChI is InChI=1S/C32H45N5O6.BrH/c1-8-13-36(7)23-16-20(15-22(32(3,4)5)29(23)43-14-11-10-12-26(39)40)24(38)19-37-18-21-17-25(42-9-2)28(31(41)34-6)35-27(21)30(37)33;/h15-17,33H,8-14,18-19H2,1-7H3,(H,34,41)(H,39,40);1H. The summed E-state index contributed by atoms with van der Waals surface area (Å²) in [4.78, 5) is 45.3. The number of aromatic nitrogens is 1. The third-order valence-electron chi connectivity index (χ3n) is 7.25. The first kappa shape index (κ1) is 36.5. The Morgan fingerprint density at radius 2 is 1.84 bits per heavy atom. The first-order chi connectivity index (χ1) is 20.3. The van der Waals surface area contributed by atoms with Gasteiger partial charge in [-0.15, -0.1) is 17.0 Å². The predicted octanol–water partition coefficient (Wildman–Crippen LogP) is 5.22. The number of amides is 1. The fraction of sp³-hybridized carbons (Fsp3) is 0.531. The van der Waals surface area contributed by atoms with Crippen molar-refractivity contribution < 1.29 is 29.0 Å². The lowest BCUT2D eigenvalue weighted by Gasteiger charge is -2.30. The molecule has 44 heavy (non-hydrogen) atoms. The molecule has 0 aliphatic carbocycles. The Bertz CT molecular complexity index is 1370. The number of hydrogen-bond donors (Lipinski definition) is 3. The summed E-state index contributed by atoms with van der Waals surface area (Å²) in [6.45, 7) is 11.8. The second-order valence-electron chi connectivity index (χ2n) is 11.7. The normalized spacial score (nSPS) is 12.3. The van der Waals surface area contributed by atoms with Crippen LogP contribution in [-0.2, 0) is 16.8 Å². The Balaban J connectivity index is 0.00000675. The molecular formula is C32H46BrN5O6. The van der Waals surface area contributed by atoms with Crippen LogP contribution in [0.1, 0.15) is 98.0 Å². The maximum atomic E-state index is 13.8. The fourth-order valence-corrected chi connectivity index (χ4v) is 5.02. The van der Waals surface area contributed by atoms with Gasteiger partial charge in [0, 0.05) is 50.3 Å². The molecule has 0 atom stereocenters. The van der Waals surface area contributed by atoms with Gasteiger partial charge >= 0.3 is 5.97 Å². The molecule has 2 heterocycles. The zero-order valence-corrected chi connectivity index (χ0v) is 28.5. The molecule has 242 valence electrons. The zero-order valence-electron chi connectivity index (χ0n) is 26.8. The number of benzene rings is 1. The molecule has 0 spiro atoms. The number of carboxylic acids is 1. The second-order valence-corrected chi connectivity index (χ2v) is 11.7. The Kier molecular flexibility index (Phi) is 13.2. The van der Waals surface area contributed by atoms with Gasteiger partial charge in [0.2, 0.25) is 0 Å². The smallest absolute Gasteiger partial charge is 0.303 e. The summed E-state index contributed by atoms with van der Waals surface area (Å²) in [6, 6.07) is 5.45. The predicted molar refractivity (Wildman–Crippen MR) is 176 cm³/mol. The molecule has 3 rings (SSSR count). The van der Waals surface area contributed by atoms with Crippen molar-refractivity contribution in [3.8, 4) is 11.5 Å². The Labute approximate surface area is 270 Å². The van der Waals surface area contributed by atoms with Gasteiger partial charge in [-0.05, 0) is 49.8 Å². The van der Waals surface area contributed by atoms with Gasteiger partial charge in [-0.1, -0.05) is 27.7 Å². The highest BCUT2D eigenvalue weighted by molar-refractivity contribution is 8.93. The van der Waals surface area contributed by atoms with Gasteiger partial charge in [-0.3, -0.25) is 19.8 Å². The molecule has 0 saturated heterocycles. The number of nitrogens with zero attached hydrogens (tertiary/aromatic N) is 3. The first-order valence-electron chi connectivity index (χ1n) is 14.8. The minimum absolute atomic E-state index is 0. The number of pyridine rings is 1. The van der Waals surface area contributed by atoms with E-state index in [9.17, 15) is 14.4 Å². The van der Waals surface area contributed by atoms with E-state index in [1.807, 2.05) is 26.1 Å². The number of carboxylic acid groups (broad SMARTS) is 1. The molecular weight excluding hydrogens is 630 g/mol. The monoisotopic (exact) mass is 675 g/mol. The molecule has 3 N–H and O–H groups in total. The van der Waals surface area contributed by atoms with Crippen LogP contribution in [0.5, 0.6) is 11.5 Å². The highest BCUT2D eigenvalue weighted by Gasteiger charge is 2.32. The maximum absolute atomic E-state index is 13.8. The Morgan fingerprint density at radius 1 is 1.14 bits per heavy atom. The number of ketones is 1. The fourth-order valence-electron chi connectivity index (χ4n) is 5.02. The average Bonchev–Trinajstić information content (AvgIpc) is 3.24. The molecule has 1 aliphatic heterocycles. The maximum Gasteiger partial charge on any atom is 0.303 e. The van der Waals surface area contributed by atoms with Gasteiger partial charge < -0.3 is 29.7 Å². The van der Waals surface area contributed by atoms with Crippen molar-refractivity contribution in [2.24, 2.45) is 0 Å². The highest BCUT2D eigenvalue weighted by Crippen LogP contribution is 2.40. The SMILES string of the molecule is Br.CCCN(C)c1cc(C(=O)CN2Cc3cc(OCC)c(C(=O)NC)nc3C2=N)cc(C(C)(C)C)c1OCCCCC(=O)O. The topological polar surface area (TPSA) is 145 Å². The lowest BCUT2D eigenvalue weighted by atomic mass is 9.84. The Morgan fingerprint density at radius 3 is 2.43 bits per heavy atom. The number of nitrogens with one attached hydrogen (secondary N) is 2. The van der Waals surface area contributed by atoms with Crippen LogP contribution in [0.2, 0.25) is 0 Å². The molecule has 1 amide bonds. The molecule has 11 nitrogen and oxygen atoms in total. The summed E-state index contributed by atoms with van der Waals surface area (Å²) in [6.07, 6.45) is 2.12. The van der Waals surface area contributed by atoms with Crippen molar-refractivity contribution in [2.45, 2.75) is 72.3 Å². The van der Waals surface area contributed by atoms with Crippen molar-refractivity contribution in [3.05, 3.63) is 46.3 Å². The van der Waals surface area contributed by atoms with Crippen LogP contribution in [-0.4, -0.2) is 78.9 Å². The molecule has 0 fully saturated rings. The van der Waals surface area contributed by atoms with Crippen LogP contribution in [0, 0.1) is 5.41 Å². The Hall–Kier alpha value is -3.67. The minimum Gasteiger partial charge on any atom is -0.491 e. The summed E-state index contributed by atoms with van der Waals surface area (Å²) in [7, 11) is 3.48. The van der Waals surface area contributed by atoms with E-state index in [4.69, 9.17) is 20.0 Å². The first-order valence-corrected chi connectivity index (χ1v) is 14.8. The van der Waals surface area contributed by atoms with Crippen LogP contribution < -0.4 is 19.7 Å². The van der Waals surface area contributed by atoms with E-state index >= 15 is 0 Å². The van der Waals surface area contributed by atoms with Gasteiger partial charge in [0.1, 0.15) is 17.3 Å². The van der Waals surface area contributed by atoms with Gasteiger partial charge in [0.25, 0.3) is 5.91 Å². The number of hydrogen-bond acceptors (Lipinski definition) is 8. The van der Waals surface area contributed by atoms with E-state index in [1.54, 1.807) is 11.0 Å². The molecule has 0 bridgehead atoms. The molecule has 0 unspecified atom stereocenters. The van der Waals surface area contributed by atoms with E-state index < -0.39 is 11.9 Å². The summed E-state index contributed by atoms with van der Waals surface area (Å²) in [5.74, 6) is -0.259. The third-order valence-corrected chi connectivity index (χ3v) is 7.25.